The number of azo groups is 1. The number of aryl methyl sites for hydroxylation is 4. The van der Waals surface area contributed by atoms with E-state index in [1.807, 2.05) is 101 Å². The fourth-order valence-corrected chi connectivity index (χ4v) is 6.49. The lowest BCUT2D eigenvalue weighted by molar-refractivity contribution is 0.0600. The smallest absolute Gasteiger partial charge is 0.337 e. The van der Waals surface area contributed by atoms with Gasteiger partial charge in [-0.05, 0) is 201 Å². The molecule has 478 valence electrons. The summed E-state index contributed by atoms with van der Waals surface area (Å²) in [5, 5.41) is 73.2. The molecule has 23 heteroatoms. The number of carbonyl (C=O) groups excluding carboxylic acids is 1. The number of pyridine rings is 1. The molecule has 0 fully saturated rings. The summed E-state index contributed by atoms with van der Waals surface area (Å²) in [6, 6.07) is 59.8. The van der Waals surface area contributed by atoms with Crippen LogP contribution in [0.3, 0.4) is 0 Å². The number of rotatable bonds is 6. The molecular weight excluding hydrogens is 1160 g/mol. The number of nitrogens with zero attached hydrogens (tertiary/aromatic N) is 3. The summed E-state index contributed by atoms with van der Waals surface area (Å²) in [5.41, 5.74) is 59.1. The van der Waals surface area contributed by atoms with E-state index in [-0.39, 0.29) is 45.7 Å². The zero-order valence-corrected chi connectivity index (χ0v) is 51.3. The number of ether oxygens (including phenoxy) is 1. The predicted molar refractivity (Wildman–Crippen MR) is 368 cm³/mol. The Bertz CT molecular complexity index is 3730. The van der Waals surface area contributed by atoms with Gasteiger partial charge in [0.05, 0.1) is 46.7 Å². The van der Waals surface area contributed by atoms with Crippen molar-refractivity contribution < 1.29 is 50.1 Å². The number of nitrogens with one attached hydrogen (secondary N) is 1. The number of aromatic nitrogens is 1. The Morgan fingerprint density at radius 3 is 1.48 bits per heavy atom. The molecule has 0 aliphatic heterocycles. The van der Waals surface area contributed by atoms with Crippen LogP contribution in [0, 0.1) is 20.8 Å². The number of carboxylic acids is 1. The number of benzene rings is 9. The molecule has 0 saturated heterocycles. The van der Waals surface area contributed by atoms with Gasteiger partial charge in [-0.25, -0.2) is 14.6 Å². The topological polar surface area (TPSA) is 469 Å². The van der Waals surface area contributed by atoms with Crippen LogP contribution in [0.4, 0.5) is 68.5 Å². The van der Waals surface area contributed by atoms with Crippen LogP contribution >= 0.6 is 0 Å². The van der Waals surface area contributed by atoms with Crippen LogP contribution in [0.15, 0.2) is 223 Å². The number of anilines is 10. The van der Waals surface area contributed by atoms with Gasteiger partial charge in [0.25, 0.3) is 0 Å². The molecule has 0 aliphatic rings. The third kappa shape index (κ3) is 29.9. The zero-order chi connectivity index (χ0) is 68.0. The highest BCUT2D eigenvalue weighted by atomic mass is 16.5. The molecule has 0 bridgehead atoms. The SMILES string of the molecule is CCc1ccc(N)c(O)c1.CNc1ccc(O)cc1.COC(=O)c1cccc(C(=O)O)c1.Cc1cc(O)ccc1N.Cc1ccc(N)c(O)c1.Cc1cccc(N)c1O.Nc1ccc(/N=N/c2ccccc2)c(N)n1.Nc1ccc(N)cc1.Nc1ccccc1O. The second-order valence-corrected chi connectivity index (χ2v) is 18.9. The van der Waals surface area contributed by atoms with E-state index in [0.717, 1.165) is 51.4 Å². The lowest BCUT2D eigenvalue weighted by atomic mass is 10.1. The number of carbonyl (C=O) groups is 2. The number of carboxylic acid groups (broad SMARTS) is 1. The summed E-state index contributed by atoms with van der Waals surface area (Å²) in [4.78, 5) is 25.4. The van der Waals surface area contributed by atoms with E-state index >= 15 is 0 Å². The first-order valence-electron chi connectivity index (χ1n) is 27.4. The van der Waals surface area contributed by atoms with Gasteiger partial charge in [0, 0.05) is 29.8 Å². The number of aromatic hydroxyl groups is 6. The van der Waals surface area contributed by atoms with Crippen molar-refractivity contribution in [2.75, 3.05) is 71.1 Å². The summed E-state index contributed by atoms with van der Waals surface area (Å²) in [6.07, 6.45) is 0.924. The standard InChI is InChI=1S/C11H11N5.C9H8O4.C8H11NO.4C7H9NO.C6H8N2.C6H7NO/c12-10-7-6-9(11(13)14-10)16-15-8-4-2-1-3-5-8;1-13-9(12)7-4-2-3-6(5-7)8(10)11;1-2-6-3-4-7(9)8(10)5-6;1-8-6-2-4-7(9)5-3-6;1-5-4-6(9)2-3-7(5)8;1-5-2-3-6(8)7(9)4-5;1-5-3-2-4-6(8)7(5)9;7-5-1-2-6(8)4-3-5;7-5-3-1-2-4-6(5)8/h1-7H,(H4,12,13,14);2-5H,1H3,(H,10,11);3-5,10H,2,9H2,1H3;2-5,8-9H,1H3;3*2-4,9H,8H2,1H3;1-4H,7-8H2;1-4,8H,7H2/b16-15+;;;;;;;;. The molecule has 10 aromatic rings. The van der Waals surface area contributed by atoms with Crippen molar-refractivity contribution in [2.45, 2.75) is 34.1 Å². The molecule has 23 nitrogen and oxygen atoms in total. The number of para-hydroxylation sites is 3. The van der Waals surface area contributed by atoms with Crippen LogP contribution in [0.2, 0.25) is 0 Å². The second-order valence-electron chi connectivity index (χ2n) is 18.9. The highest BCUT2D eigenvalue weighted by Crippen LogP contribution is 2.25. The fraction of sp³-hybridized carbons (Fsp3) is 0.103. The van der Waals surface area contributed by atoms with Crippen molar-refractivity contribution in [3.63, 3.8) is 0 Å². The molecule has 1 heterocycles. The van der Waals surface area contributed by atoms with Crippen LogP contribution in [-0.4, -0.2) is 66.8 Å². The third-order valence-electron chi connectivity index (χ3n) is 11.7. The first-order chi connectivity index (χ1) is 43.2. The minimum atomic E-state index is -1.06. The molecule has 0 spiro atoms. The number of aromatic carboxylic acids is 1. The van der Waals surface area contributed by atoms with Gasteiger partial charge >= 0.3 is 11.9 Å². The molecule has 26 N–H and O–H groups in total. The molecule has 91 heavy (non-hydrogen) atoms. The number of esters is 1. The Morgan fingerprint density at radius 1 is 0.484 bits per heavy atom. The Kier molecular flexibility index (Phi) is 32.7. The van der Waals surface area contributed by atoms with Crippen molar-refractivity contribution in [3.05, 3.63) is 246 Å². The van der Waals surface area contributed by atoms with Crippen LogP contribution in [0.25, 0.3) is 0 Å². The largest absolute Gasteiger partial charge is 0.508 e. The van der Waals surface area contributed by atoms with E-state index in [1.165, 1.54) is 31.4 Å². The van der Waals surface area contributed by atoms with Gasteiger partial charge in [0.15, 0.2) is 5.82 Å². The van der Waals surface area contributed by atoms with E-state index in [9.17, 15) is 9.59 Å². The van der Waals surface area contributed by atoms with Gasteiger partial charge in [-0.1, -0.05) is 67.6 Å². The van der Waals surface area contributed by atoms with E-state index in [2.05, 4.69) is 25.3 Å². The van der Waals surface area contributed by atoms with Crippen LogP contribution in [-0.2, 0) is 11.2 Å². The molecule has 0 aliphatic carbocycles. The quantitative estimate of drug-likeness (QED) is 0.0242. The number of nitrogens with two attached hydrogens (primary N) is 9. The molecule has 9 aromatic carbocycles. The maximum absolute atomic E-state index is 11.0. The normalized spacial score (nSPS) is 9.56. The lowest BCUT2D eigenvalue weighted by Gasteiger charge is -1.99. The van der Waals surface area contributed by atoms with Crippen molar-refractivity contribution >= 4 is 80.4 Å². The van der Waals surface area contributed by atoms with E-state index < -0.39 is 11.9 Å². The van der Waals surface area contributed by atoms with Crippen molar-refractivity contribution in [1.82, 2.24) is 4.98 Å². The average molecular weight is 1240 g/mol. The van der Waals surface area contributed by atoms with Crippen LogP contribution < -0.4 is 56.9 Å². The Labute approximate surface area is 529 Å². The molecule has 0 radical (unpaired) electrons. The number of hydrogen-bond acceptors (Lipinski definition) is 22. The average Bonchev–Trinajstić information content (AvgIpc) is 3.69. The van der Waals surface area contributed by atoms with Crippen molar-refractivity contribution in [3.8, 4) is 34.5 Å². The monoisotopic (exact) mass is 1240 g/mol. The second kappa shape index (κ2) is 40.0. The Balaban J connectivity index is 0.000000352. The number of phenolic OH excluding ortho intramolecular Hbond substituents is 6. The van der Waals surface area contributed by atoms with Crippen LogP contribution in [0.1, 0.15) is 49.9 Å². The third-order valence-corrected chi connectivity index (χ3v) is 11.7. The van der Waals surface area contributed by atoms with E-state index in [1.54, 1.807) is 121 Å². The van der Waals surface area contributed by atoms with Crippen LogP contribution in [0.5, 0.6) is 34.5 Å². The zero-order valence-electron chi connectivity index (χ0n) is 51.3. The minimum Gasteiger partial charge on any atom is -0.508 e. The highest BCUT2D eigenvalue weighted by Gasteiger charge is 2.09. The molecular formula is C68H81N13O10. The lowest BCUT2D eigenvalue weighted by Crippen LogP contribution is -2.03. The molecule has 10 rings (SSSR count). The summed E-state index contributed by atoms with van der Waals surface area (Å²) in [6.45, 7) is 7.60. The number of phenols is 6. The van der Waals surface area contributed by atoms with Gasteiger partial charge in [-0.15, -0.1) is 5.11 Å². The van der Waals surface area contributed by atoms with Crippen molar-refractivity contribution in [1.29, 1.82) is 0 Å². The summed E-state index contributed by atoms with van der Waals surface area (Å²) in [7, 11) is 3.09. The summed E-state index contributed by atoms with van der Waals surface area (Å²) >= 11 is 0. The fourth-order valence-electron chi connectivity index (χ4n) is 6.49. The van der Waals surface area contributed by atoms with Gasteiger partial charge < -0.3 is 97.4 Å². The maximum atomic E-state index is 11.0. The predicted octanol–water partition coefficient (Wildman–Crippen LogP) is 12.5. The number of hydrogen-bond donors (Lipinski definition) is 17. The minimum absolute atomic E-state index is 0.0721. The van der Waals surface area contributed by atoms with Gasteiger partial charge in [0.2, 0.25) is 0 Å². The van der Waals surface area contributed by atoms with Gasteiger partial charge in [-0.3, -0.25) is 0 Å². The first-order valence-corrected chi connectivity index (χ1v) is 27.4. The molecule has 1 aromatic heterocycles. The Morgan fingerprint density at radius 2 is 1.01 bits per heavy atom. The molecule has 0 atom stereocenters. The summed E-state index contributed by atoms with van der Waals surface area (Å²) < 4.78 is 4.44. The van der Waals surface area contributed by atoms with E-state index in [0.29, 0.717) is 45.7 Å². The first kappa shape index (κ1) is 74.6. The maximum Gasteiger partial charge on any atom is 0.337 e. The molecule has 0 unspecified atom stereocenters. The molecule has 0 amide bonds. The molecule has 0 saturated carbocycles. The summed E-state index contributed by atoms with van der Waals surface area (Å²) in [5.74, 6) is 0.291. The van der Waals surface area contributed by atoms with E-state index in [4.69, 9.17) is 87.3 Å². The highest BCUT2D eigenvalue weighted by molar-refractivity contribution is 5.94. The Hall–Kier alpha value is -12.5. The van der Waals surface area contributed by atoms with Gasteiger partial charge in [0.1, 0.15) is 46.0 Å². The van der Waals surface area contributed by atoms with Crippen molar-refractivity contribution in [2.24, 2.45) is 10.2 Å². The number of methoxy groups -OCH3 is 1. The number of nitrogen functional groups attached to an aromatic ring is 9. The van der Waals surface area contributed by atoms with Gasteiger partial charge in [-0.2, -0.15) is 5.11 Å².